The van der Waals surface area contributed by atoms with Crippen LogP contribution in [0.1, 0.15) is 30.5 Å². The Labute approximate surface area is 102 Å². The fourth-order valence-electron chi connectivity index (χ4n) is 2.58. The smallest absolute Gasteiger partial charge is 0.153 e. The summed E-state index contributed by atoms with van der Waals surface area (Å²) in [7, 11) is -3.25. The number of hydrogen-bond donors (Lipinski definition) is 1. The number of nitrogens with zero attached hydrogens (tertiary/aromatic N) is 1. The molecule has 0 amide bonds. The Balaban J connectivity index is 2.44. The third-order valence-corrected chi connectivity index (χ3v) is 5.14. The quantitative estimate of drug-likeness (QED) is 0.861. The molecule has 1 heterocycles. The van der Waals surface area contributed by atoms with Gasteiger partial charge in [-0.3, -0.25) is 4.98 Å². The molecule has 0 aliphatic heterocycles. The lowest BCUT2D eigenvalue weighted by Gasteiger charge is -2.29. The van der Waals surface area contributed by atoms with Crippen molar-refractivity contribution in [2.45, 2.75) is 37.0 Å². The second kappa shape index (κ2) is 4.07. The maximum absolute atomic E-state index is 11.7. The van der Waals surface area contributed by atoms with Gasteiger partial charge in [0.1, 0.15) is 5.60 Å². The molecular weight excluding hydrogens is 238 g/mol. The zero-order valence-electron chi connectivity index (χ0n) is 10.0. The average Bonchev–Trinajstić information content (AvgIpc) is 2.62. The predicted molar refractivity (Wildman–Crippen MR) is 65.4 cm³/mol. The van der Waals surface area contributed by atoms with E-state index in [-0.39, 0.29) is 0 Å². The van der Waals surface area contributed by atoms with E-state index in [1.165, 1.54) is 6.26 Å². The van der Waals surface area contributed by atoms with E-state index in [2.05, 4.69) is 4.98 Å². The lowest BCUT2D eigenvalue weighted by Crippen LogP contribution is -2.39. The molecular formula is C12H17NO3S. The van der Waals surface area contributed by atoms with Gasteiger partial charge >= 0.3 is 0 Å². The lowest BCUT2D eigenvalue weighted by molar-refractivity contribution is 0.0473. The minimum Gasteiger partial charge on any atom is -0.384 e. The molecule has 94 valence electrons. The maximum Gasteiger partial charge on any atom is 0.153 e. The summed E-state index contributed by atoms with van der Waals surface area (Å²) in [4.78, 5) is 4.13. The van der Waals surface area contributed by atoms with Crippen LogP contribution in [0.5, 0.6) is 0 Å². The van der Waals surface area contributed by atoms with E-state index in [0.29, 0.717) is 18.4 Å². The molecule has 4 nitrogen and oxygen atoms in total. The molecule has 0 spiro atoms. The summed E-state index contributed by atoms with van der Waals surface area (Å²) < 4.78 is 23.4. The Morgan fingerprint density at radius 3 is 2.71 bits per heavy atom. The number of aryl methyl sites for hydroxylation is 1. The molecule has 0 aromatic carbocycles. The summed E-state index contributed by atoms with van der Waals surface area (Å²) in [6.45, 7) is 1.86. The Morgan fingerprint density at radius 1 is 1.47 bits per heavy atom. The Hall–Kier alpha value is -0.940. The Morgan fingerprint density at radius 2 is 2.18 bits per heavy atom. The number of aromatic nitrogens is 1. The number of sulfone groups is 1. The molecule has 1 aromatic heterocycles. The second-order valence-electron chi connectivity index (χ2n) is 4.82. The number of hydrogen-bond acceptors (Lipinski definition) is 4. The van der Waals surface area contributed by atoms with Gasteiger partial charge in [-0.15, -0.1) is 0 Å². The SMILES string of the molecule is Cc1ccc(C2(O)CCCC2S(C)(=O)=O)cn1. The molecule has 1 aliphatic rings. The van der Waals surface area contributed by atoms with Crippen LogP contribution in [0.3, 0.4) is 0 Å². The average molecular weight is 255 g/mol. The van der Waals surface area contributed by atoms with E-state index in [4.69, 9.17) is 0 Å². The van der Waals surface area contributed by atoms with Crippen molar-refractivity contribution in [1.29, 1.82) is 0 Å². The number of aliphatic hydroxyl groups is 1. The molecule has 5 heteroatoms. The highest BCUT2D eigenvalue weighted by molar-refractivity contribution is 7.91. The molecule has 1 N–H and O–H groups in total. The van der Waals surface area contributed by atoms with Gasteiger partial charge in [0.15, 0.2) is 9.84 Å². The number of rotatable bonds is 2. The number of pyridine rings is 1. The summed E-state index contributed by atoms with van der Waals surface area (Å²) in [5, 5.41) is 9.92. The van der Waals surface area contributed by atoms with Crippen molar-refractivity contribution in [1.82, 2.24) is 4.98 Å². The maximum atomic E-state index is 11.7. The van der Waals surface area contributed by atoms with Crippen molar-refractivity contribution in [3.63, 3.8) is 0 Å². The van der Waals surface area contributed by atoms with Gasteiger partial charge in [-0.1, -0.05) is 6.07 Å². The van der Waals surface area contributed by atoms with Crippen LogP contribution < -0.4 is 0 Å². The molecule has 0 bridgehead atoms. The highest BCUT2D eigenvalue weighted by Gasteiger charge is 2.48. The van der Waals surface area contributed by atoms with Crippen LogP contribution in [-0.2, 0) is 15.4 Å². The molecule has 0 radical (unpaired) electrons. The second-order valence-corrected chi connectivity index (χ2v) is 7.05. The monoisotopic (exact) mass is 255 g/mol. The van der Waals surface area contributed by atoms with Crippen LogP contribution >= 0.6 is 0 Å². The van der Waals surface area contributed by atoms with Gasteiger partial charge in [0.2, 0.25) is 0 Å². The van der Waals surface area contributed by atoms with Gasteiger partial charge < -0.3 is 5.11 Å². The first-order valence-electron chi connectivity index (χ1n) is 5.68. The van der Waals surface area contributed by atoms with Gasteiger partial charge in [-0.2, -0.15) is 0 Å². The summed E-state index contributed by atoms with van der Waals surface area (Å²) in [5.74, 6) is 0. The van der Waals surface area contributed by atoms with Gasteiger partial charge in [0, 0.05) is 23.7 Å². The van der Waals surface area contributed by atoms with Crippen LogP contribution in [0.4, 0.5) is 0 Å². The van der Waals surface area contributed by atoms with Crippen LogP contribution in [0.25, 0.3) is 0 Å². The van der Waals surface area contributed by atoms with E-state index in [0.717, 1.165) is 12.1 Å². The fraction of sp³-hybridized carbons (Fsp3) is 0.583. The van der Waals surface area contributed by atoms with Crippen molar-refractivity contribution in [3.05, 3.63) is 29.6 Å². The third kappa shape index (κ3) is 2.21. The first kappa shape index (κ1) is 12.5. The third-order valence-electron chi connectivity index (χ3n) is 3.48. The summed E-state index contributed by atoms with van der Waals surface area (Å²) in [6.07, 6.45) is 4.50. The zero-order valence-corrected chi connectivity index (χ0v) is 10.9. The van der Waals surface area contributed by atoms with E-state index < -0.39 is 20.7 Å². The molecule has 1 aromatic rings. The van der Waals surface area contributed by atoms with Gasteiger partial charge in [-0.25, -0.2) is 8.42 Å². The molecule has 1 fully saturated rings. The van der Waals surface area contributed by atoms with E-state index in [1.54, 1.807) is 18.3 Å². The predicted octanol–water partition coefficient (Wildman–Crippen LogP) is 1.17. The molecule has 1 saturated carbocycles. The lowest BCUT2D eigenvalue weighted by atomic mass is 9.93. The van der Waals surface area contributed by atoms with Crippen molar-refractivity contribution >= 4 is 9.84 Å². The largest absolute Gasteiger partial charge is 0.384 e. The topological polar surface area (TPSA) is 67.3 Å². The van der Waals surface area contributed by atoms with Gasteiger partial charge in [0.05, 0.1) is 5.25 Å². The molecule has 1 aliphatic carbocycles. The highest BCUT2D eigenvalue weighted by Crippen LogP contribution is 2.42. The highest BCUT2D eigenvalue weighted by atomic mass is 32.2. The standard InChI is InChI=1S/C12H17NO3S/c1-9-5-6-10(8-13-9)12(14)7-3-4-11(12)17(2,15)16/h5-6,8,11,14H,3-4,7H2,1-2H3. The molecule has 2 rings (SSSR count). The molecule has 2 atom stereocenters. The fourth-order valence-corrected chi connectivity index (χ4v) is 4.14. The van der Waals surface area contributed by atoms with Crippen molar-refractivity contribution < 1.29 is 13.5 Å². The van der Waals surface area contributed by atoms with Gasteiger partial charge in [-0.05, 0) is 32.3 Å². The van der Waals surface area contributed by atoms with Gasteiger partial charge in [0.25, 0.3) is 0 Å². The normalized spacial score (nSPS) is 29.5. The first-order chi connectivity index (χ1) is 7.84. The van der Waals surface area contributed by atoms with Crippen LogP contribution in [0, 0.1) is 6.92 Å². The first-order valence-corrected chi connectivity index (χ1v) is 7.64. The summed E-state index contributed by atoms with van der Waals surface area (Å²) in [5.41, 5.74) is 0.191. The molecule has 17 heavy (non-hydrogen) atoms. The van der Waals surface area contributed by atoms with Crippen molar-refractivity contribution in [2.24, 2.45) is 0 Å². The van der Waals surface area contributed by atoms with Crippen molar-refractivity contribution in [3.8, 4) is 0 Å². The molecule has 0 saturated heterocycles. The van der Waals surface area contributed by atoms with Crippen LogP contribution in [-0.4, -0.2) is 30.0 Å². The van der Waals surface area contributed by atoms with Crippen molar-refractivity contribution in [2.75, 3.05) is 6.26 Å². The van der Waals surface area contributed by atoms with Crippen LogP contribution in [0.2, 0.25) is 0 Å². The van der Waals surface area contributed by atoms with E-state index >= 15 is 0 Å². The Bertz CT molecular complexity index is 509. The minimum absolute atomic E-state index is 0.482. The minimum atomic E-state index is -3.25. The molecule has 2 unspecified atom stereocenters. The van der Waals surface area contributed by atoms with Crippen LogP contribution in [0.15, 0.2) is 18.3 Å². The summed E-state index contributed by atoms with van der Waals surface area (Å²) >= 11 is 0. The Kier molecular flexibility index (Phi) is 2.99. The zero-order chi connectivity index (χ0) is 12.7. The van der Waals surface area contributed by atoms with E-state index in [9.17, 15) is 13.5 Å². The van der Waals surface area contributed by atoms with E-state index in [1.807, 2.05) is 6.92 Å². The summed E-state index contributed by atoms with van der Waals surface area (Å²) in [6, 6.07) is 3.57.